The lowest BCUT2D eigenvalue weighted by Crippen LogP contribution is -2.29. The van der Waals surface area contributed by atoms with Crippen LogP contribution in [-0.2, 0) is 6.42 Å². The average Bonchev–Trinajstić information content (AvgIpc) is 2.77. The topological polar surface area (TPSA) is 53.1 Å². The molecule has 1 aliphatic rings. The number of aryl methyl sites for hydroxylation is 1. The number of hydrogen-bond acceptors (Lipinski definition) is 3. The largest absolute Gasteiger partial charge is 0.317 e. The molecule has 2 aromatic rings. The molecular formula is C15H18N4. The molecule has 0 aliphatic carbocycles. The van der Waals surface area contributed by atoms with E-state index in [1.807, 2.05) is 12.1 Å². The molecule has 98 valence electrons. The zero-order valence-corrected chi connectivity index (χ0v) is 11.2. The zero-order chi connectivity index (χ0) is 13.2. The lowest BCUT2D eigenvalue weighted by Gasteiger charge is -2.21. The number of nitriles is 1. The summed E-state index contributed by atoms with van der Waals surface area (Å²) in [6.07, 6.45) is 5.44. The van der Waals surface area contributed by atoms with Gasteiger partial charge in [-0.2, -0.15) is 5.26 Å². The summed E-state index contributed by atoms with van der Waals surface area (Å²) in [5, 5.41) is 12.6. The zero-order valence-electron chi connectivity index (χ0n) is 11.2. The van der Waals surface area contributed by atoms with E-state index in [1.165, 1.54) is 18.4 Å². The van der Waals surface area contributed by atoms with Crippen LogP contribution in [0, 0.1) is 24.2 Å². The quantitative estimate of drug-likeness (QED) is 0.892. The average molecular weight is 254 g/mol. The van der Waals surface area contributed by atoms with Crippen molar-refractivity contribution in [1.29, 1.82) is 5.26 Å². The van der Waals surface area contributed by atoms with Crippen LogP contribution in [0.5, 0.6) is 0 Å². The molecule has 1 aliphatic heterocycles. The van der Waals surface area contributed by atoms with Crippen LogP contribution < -0.4 is 5.32 Å². The van der Waals surface area contributed by atoms with Gasteiger partial charge in [-0.3, -0.25) is 0 Å². The highest BCUT2D eigenvalue weighted by Gasteiger charge is 2.18. The number of piperidine rings is 1. The van der Waals surface area contributed by atoms with Gasteiger partial charge >= 0.3 is 0 Å². The molecule has 19 heavy (non-hydrogen) atoms. The molecule has 0 aromatic carbocycles. The number of nitrogens with one attached hydrogen (secondary N) is 1. The molecule has 4 nitrogen and oxygen atoms in total. The van der Waals surface area contributed by atoms with E-state index in [-0.39, 0.29) is 0 Å². The first-order valence-electron chi connectivity index (χ1n) is 6.86. The van der Waals surface area contributed by atoms with Gasteiger partial charge in [-0.1, -0.05) is 6.07 Å². The van der Waals surface area contributed by atoms with E-state index >= 15 is 0 Å². The SMILES string of the molecule is Cc1ccc2c(C#N)nc(CC3CCNCC3)n2c1. The second-order valence-electron chi connectivity index (χ2n) is 5.35. The Kier molecular flexibility index (Phi) is 3.22. The van der Waals surface area contributed by atoms with Gasteiger partial charge in [0, 0.05) is 12.6 Å². The molecule has 0 radical (unpaired) electrons. The summed E-state index contributed by atoms with van der Waals surface area (Å²) in [6, 6.07) is 6.23. The Labute approximate surface area is 113 Å². The number of nitrogens with zero attached hydrogens (tertiary/aromatic N) is 3. The molecule has 2 aromatic heterocycles. The van der Waals surface area contributed by atoms with Crippen LogP contribution in [-0.4, -0.2) is 22.5 Å². The molecule has 1 N–H and O–H groups in total. The summed E-state index contributed by atoms with van der Waals surface area (Å²) in [6.45, 7) is 4.26. The van der Waals surface area contributed by atoms with Crippen LogP contribution in [0.3, 0.4) is 0 Å². The predicted molar refractivity (Wildman–Crippen MR) is 73.9 cm³/mol. The highest BCUT2D eigenvalue weighted by atomic mass is 15.0. The van der Waals surface area contributed by atoms with E-state index in [0.717, 1.165) is 30.9 Å². The van der Waals surface area contributed by atoms with Gasteiger partial charge in [0.15, 0.2) is 5.69 Å². The Hall–Kier alpha value is -1.86. The third-order valence-electron chi connectivity index (χ3n) is 3.89. The monoisotopic (exact) mass is 254 g/mol. The first-order chi connectivity index (χ1) is 9.28. The number of imidazole rings is 1. The highest BCUT2D eigenvalue weighted by Crippen LogP contribution is 2.20. The van der Waals surface area contributed by atoms with Crippen molar-refractivity contribution in [1.82, 2.24) is 14.7 Å². The van der Waals surface area contributed by atoms with Crippen LogP contribution in [0.25, 0.3) is 5.52 Å². The van der Waals surface area contributed by atoms with Crippen LogP contribution in [0.2, 0.25) is 0 Å². The molecule has 0 saturated carbocycles. The lowest BCUT2D eigenvalue weighted by molar-refractivity contribution is 0.367. The Balaban J connectivity index is 1.98. The first kappa shape index (κ1) is 12.2. The summed E-state index contributed by atoms with van der Waals surface area (Å²) in [5.74, 6) is 1.71. The van der Waals surface area contributed by atoms with Gasteiger partial charge in [0.2, 0.25) is 0 Å². The number of fused-ring (bicyclic) bond motifs is 1. The molecule has 0 atom stereocenters. The van der Waals surface area contributed by atoms with Crippen molar-refractivity contribution >= 4 is 5.52 Å². The third kappa shape index (κ3) is 2.34. The van der Waals surface area contributed by atoms with E-state index < -0.39 is 0 Å². The van der Waals surface area contributed by atoms with Crippen molar-refractivity contribution in [2.45, 2.75) is 26.2 Å². The fourth-order valence-electron chi connectivity index (χ4n) is 2.82. The van der Waals surface area contributed by atoms with E-state index in [2.05, 4.69) is 33.9 Å². The van der Waals surface area contributed by atoms with E-state index in [1.54, 1.807) is 0 Å². The van der Waals surface area contributed by atoms with Gasteiger partial charge in [0.25, 0.3) is 0 Å². The third-order valence-corrected chi connectivity index (χ3v) is 3.89. The van der Waals surface area contributed by atoms with E-state index in [0.29, 0.717) is 11.6 Å². The van der Waals surface area contributed by atoms with Gasteiger partial charge in [0.1, 0.15) is 11.9 Å². The summed E-state index contributed by atoms with van der Waals surface area (Å²) in [7, 11) is 0. The maximum Gasteiger partial charge on any atom is 0.166 e. The van der Waals surface area contributed by atoms with Gasteiger partial charge in [0.05, 0.1) is 5.52 Å². The van der Waals surface area contributed by atoms with E-state index in [9.17, 15) is 5.26 Å². The molecule has 0 spiro atoms. The number of hydrogen-bond donors (Lipinski definition) is 1. The summed E-state index contributed by atoms with van der Waals surface area (Å²) in [4.78, 5) is 4.52. The highest BCUT2D eigenvalue weighted by molar-refractivity contribution is 5.59. The van der Waals surface area contributed by atoms with Crippen LogP contribution in [0.15, 0.2) is 18.3 Å². The Morgan fingerprint density at radius 2 is 2.21 bits per heavy atom. The van der Waals surface area contributed by atoms with Crippen molar-refractivity contribution < 1.29 is 0 Å². The summed E-state index contributed by atoms with van der Waals surface area (Å²) in [5.41, 5.74) is 2.67. The Bertz CT molecular complexity index is 629. The van der Waals surface area contributed by atoms with Gasteiger partial charge < -0.3 is 9.72 Å². The summed E-state index contributed by atoms with van der Waals surface area (Å²) < 4.78 is 2.09. The van der Waals surface area contributed by atoms with Crippen molar-refractivity contribution in [3.8, 4) is 6.07 Å². The van der Waals surface area contributed by atoms with Crippen LogP contribution in [0.4, 0.5) is 0 Å². The fourth-order valence-corrected chi connectivity index (χ4v) is 2.82. The van der Waals surface area contributed by atoms with Crippen molar-refractivity contribution in [2.24, 2.45) is 5.92 Å². The van der Waals surface area contributed by atoms with Crippen LogP contribution in [0.1, 0.15) is 29.9 Å². The van der Waals surface area contributed by atoms with Crippen molar-refractivity contribution in [3.63, 3.8) is 0 Å². The molecule has 1 fully saturated rings. The first-order valence-corrected chi connectivity index (χ1v) is 6.86. The lowest BCUT2D eigenvalue weighted by atomic mass is 9.94. The minimum atomic E-state index is 0.545. The Morgan fingerprint density at radius 1 is 1.42 bits per heavy atom. The summed E-state index contributed by atoms with van der Waals surface area (Å²) >= 11 is 0. The van der Waals surface area contributed by atoms with Gasteiger partial charge in [-0.25, -0.2) is 4.98 Å². The Morgan fingerprint density at radius 3 is 2.95 bits per heavy atom. The standard InChI is InChI=1S/C15H18N4/c1-11-2-3-14-13(9-16)18-15(19(14)10-11)8-12-4-6-17-7-5-12/h2-3,10,12,17H,4-8H2,1H3. The molecule has 3 rings (SSSR count). The molecule has 0 unspecified atom stereocenters. The number of rotatable bonds is 2. The van der Waals surface area contributed by atoms with E-state index in [4.69, 9.17) is 0 Å². The second-order valence-corrected chi connectivity index (χ2v) is 5.35. The maximum absolute atomic E-state index is 9.19. The predicted octanol–water partition coefficient (Wildman–Crippen LogP) is 2.06. The minimum absolute atomic E-state index is 0.545. The van der Waals surface area contributed by atoms with Gasteiger partial charge in [-0.15, -0.1) is 0 Å². The number of pyridine rings is 1. The van der Waals surface area contributed by atoms with Crippen molar-refractivity contribution in [2.75, 3.05) is 13.1 Å². The van der Waals surface area contributed by atoms with Crippen LogP contribution >= 0.6 is 0 Å². The normalized spacial score (nSPS) is 16.6. The molecule has 3 heterocycles. The van der Waals surface area contributed by atoms with Gasteiger partial charge in [-0.05, 0) is 50.4 Å². The number of aromatic nitrogens is 2. The molecular weight excluding hydrogens is 236 g/mol. The fraction of sp³-hybridized carbons (Fsp3) is 0.467. The van der Waals surface area contributed by atoms with Crippen molar-refractivity contribution in [3.05, 3.63) is 35.4 Å². The molecule has 4 heteroatoms. The minimum Gasteiger partial charge on any atom is -0.317 e. The maximum atomic E-state index is 9.19. The molecule has 1 saturated heterocycles. The molecule has 0 bridgehead atoms. The smallest absolute Gasteiger partial charge is 0.166 e. The molecule has 0 amide bonds. The second kappa shape index (κ2) is 5.02.